The van der Waals surface area contributed by atoms with Gasteiger partial charge in [0, 0.05) is 5.56 Å². The zero-order valence-corrected chi connectivity index (χ0v) is 11.8. The normalized spacial score (nSPS) is 12.4. The summed E-state index contributed by atoms with van der Waals surface area (Å²) in [5, 5.41) is 6.79. The second kappa shape index (κ2) is 6.43. The number of amides is 1. The van der Waals surface area contributed by atoms with E-state index in [2.05, 4.69) is 15.4 Å². The lowest BCUT2D eigenvalue weighted by Crippen LogP contribution is -2.41. The first-order chi connectivity index (χ1) is 9.97. The van der Waals surface area contributed by atoms with Crippen LogP contribution in [0, 0.1) is 17.6 Å². The summed E-state index contributed by atoms with van der Waals surface area (Å²) in [5.74, 6) is -2.33. The highest BCUT2D eigenvalue weighted by Crippen LogP contribution is 2.10. The maximum atomic E-state index is 13.2. The van der Waals surface area contributed by atoms with Crippen LogP contribution in [-0.4, -0.2) is 26.7 Å². The smallest absolute Gasteiger partial charge is 0.251 e. The lowest BCUT2D eigenvalue weighted by Gasteiger charge is -2.22. The van der Waals surface area contributed by atoms with E-state index in [0.29, 0.717) is 6.54 Å². The van der Waals surface area contributed by atoms with Gasteiger partial charge in [-0.25, -0.2) is 13.8 Å². The monoisotopic (exact) mass is 294 g/mol. The lowest BCUT2D eigenvalue weighted by atomic mass is 10.0. The van der Waals surface area contributed by atoms with E-state index in [1.54, 1.807) is 11.0 Å². The molecule has 0 aliphatic rings. The molecule has 0 saturated carbocycles. The van der Waals surface area contributed by atoms with Gasteiger partial charge in [-0.15, -0.1) is 0 Å². The fraction of sp³-hybridized carbons (Fsp3) is 0.357. The molecule has 7 heteroatoms. The van der Waals surface area contributed by atoms with Gasteiger partial charge in [0.1, 0.15) is 12.7 Å². The van der Waals surface area contributed by atoms with Crippen LogP contribution < -0.4 is 5.32 Å². The Morgan fingerprint density at radius 2 is 2.10 bits per heavy atom. The SMILES string of the molecule is CC(C)[C@@H](Cn1cncn1)NC(=O)c1ccc(F)c(F)c1. The topological polar surface area (TPSA) is 59.8 Å². The predicted octanol–water partition coefficient (Wildman–Crippen LogP) is 2.01. The number of hydrogen-bond donors (Lipinski definition) is 1. The van der Waals surface area contributed by atoms with Crippen LogP contribution in [0.1, 0.15) is 24.2 Å². The summed E-state index contributed by atoms with van der Waals surface area (Å²) in [6.45, 7) is 4.35. The van der Waals surface area contributed by atoms with Crippen molar-refractivity contribution in [2.75, 3.05) is 0 Å². The third-order valence-electron chi connectivity index (χ3n) is 3.15. The molecule has 0 spiro atoms. The fourth-order valence-electron chi connectivity index (χ4n) is 1.84. The molecular weight excluding hydrogens is 278 g/mol. The largest absolute Gasteiger partial charge is 0.347 e. The third-order valence-corrected chi connectivity index (χ3v) is 3.15. The van der Waals surface area contributed by atoms with E-state index in [-0.39, 0.29) is 17.5 Å². The lowest BCUT2D eigenvalue weighted by molar-refractivity contribution is 0.0918. The van der Waals surface area contributed by atoms with Crippen molar-refractivity contribution >= 4 is 5.91 Å². The van der Waals surface area contributed by atoms with Crippen molar-refractivity contribution in [1.82, 2.24) is 20.1 Å². The fourth-order valence-corrected chi connectivity index (χ4v) is 1.84. The van der Waals surface area contributed by atoms with Gasteiger partial charge in [0.2, 0.25) is 0 Å². The van der Waals surface area contributed by atoms with E-state index in [1.165, 1.54) is 12.4 Å². The first-order valence-electron chi connectivity index (χ1n) is 6.55. The molecule has 21 heavy (non-hydrogen) atoms. The van der Waals surface area contributed by atoms with Gasteiger partial charge in [-0.1, -0.05) is 13.8 Å². The standard InChI is InChI=1S/C14H16F2N4O/c1-9(2)13(6-20-8-17-7-18-20)19-14(21)10-3-4-11(15)12(16)5-10/h3-5,7-9,13H,6H2,1-2H3,(H,19,21)/t13-/m1/s1. The van der Waals surface area contributed by atoms with Crippen LogP contribution in [0.5, 0.6) is 0 Å². The van der Waals surface area contributed by atoms with Crippen LogP contribution in [0.2, 0.25) is 0 Å². The van der Waals surface area contributed by atoms with E-state index in [4.69, 9.17) is 0 Å². The van der Waals surface area contributed by atoms with Gasteiger partial charge in [0.05, 0.1) is 12.6 Å². The molecule has 0 unspecified atom stereocenters. The minimum absolute atomic E-state index is 0.0816. The second-order valence-corrected chi connectivity index (χ2v) is 5.07. The van der Waals surface area contributed by atoms with E-state index < -0.39 is 17.5 Å². The van der Waals surface area contributed by atoms with E-state index in [1.807, 2.05) is 13.8 Å². The number of benzene rings is 1. The number of nitrogens with one attached hydrogen (secondary N) is 1. The van der Waals surface area contributed by atoms with Gasteiger partial charge in [0.15, 0.2) is 11.6 Å². The summed E-state index contributed by atoms with van der Waals surface area (Å²) in [6, 6.07) is 2.87. The Labute approximate surface area is 121 Å². The Bertz CT molecular complexity index is 613. The average Bonchev–Trinajstić information content (AvgIpc) is 2.93. The summed E-state index contributed by atoms with van der Waals surface area (Å²) in [7, 11) is 0. The van der Waals surface area contributed by atoms with Crippen LogP contribution in [-0.2, 0) is 6.54 Å². The molecule has 0 saturated heterocycles. The Kier molecular flexibility index (Phi) is 4.62. The number of rotatable bonds is 5. The molecule has 2 aromatic rings. The maximum Gasteiger partial charge on any atom is 0.251 e. The van der Waals surface area contributed by atoms with Crippen molar-refractivity contribution in [3.63, 3.8) is 0 Å². The number of hydrogen-bond acceptors (Lipinski definition) is 3. The molecule has 0 aliphatic carbocycles. The summed E-state index contributed by atoms with van der Waals surface area (Å²) in [4.78, 5) is 15.9. The Balaban J connectivity index is 2.09. The Hall–Kier alpha value is -2.31. The second-order valence-electron chi connectivity index (χ2n) is 5.07. The van der Waals surface area contributed by atoms with Crippen molar-refractivity contribution in [2.45, 2.75) is 26.4 Å². The summed E-state index contributed by atoms with van der Waals surface area (Å²) < 4.78 is 27.7. The molecule has 0 aliphatic heterocycles. The first-order valence-corrected chi connectivity index (χ1v) is 6.55. The van der Waals surface area contributed by atoms with Gasteiger partial charge < -0.3 is 5.32 Å². The van der Waals surface area contributed by atoms with E-state index >= 15 is 0 Å². The van der Waals surface area contributed by atoms with Crippen LogP contribution in [0.25, 0.3) is 0 Å². The van der Waals surface area contributed by atoms with Gasteiger partial charge in [-0.2, -0.15) is 5.10 Å². The first kappa shape index (κ1) is 15.1. The highest BCUT2D eigenvalue weighted by Gasteiger charge is 2.19. The van der Waals surface area contributed by atoms with Gasteiger partial charge in [-0.3, -0.25) is 9.48 Å². The zero-order chi connectivity index (χ0) is 15.4. The molecular formula is C14H16F2N4O. The molecule has 1 aromatic heterocycles. The van der Waals surface area contributed by atoms with E-state index in [0.717, 1.165) is 12.1 Å². The molecule has 1 aromatic carbocycles. The highest BCUT2D eigenvalue weighted by atomic mass is 19.2. The third kappa shape index (κ3) is 3.84. The predicted molar refractivity (Wildman–Crippen MR) is 72.5 cm³/mol. The minimum Gasteiger partial charge on any atom is -0.347 e. The number of aromatic nitrogens is 3. The molecule has 5 nitrogen and oxygen atoms in total. The summed E-state index contributed by atoms with van der Waals surface area (Å²) >= 11 is 0. The van der Waals surface area contributed by atoms with Gasteiger partial charge >= 0.3 is 0 Å². The number of halogens is 2. The Morgan fingerprint density at radius 3 is 2.67 bits per heavy atom. The maximum absolute atomic E-state index is 13.2. The van der Waals surface area contributed by atoms with Crippen molar-refractivity contribution in [1.29, 1.82) is 0 Å². The molecule has 1 N–H and O–H groups in total. The molecule has 1 heterocycles. The van der Waals surface area contributed by atoms with Gasteiger partial charge in [0.25, 0.3) is 5.91 Å². The number of nitrogens with zero attached hydrogens (tertiary/aromatic N) is 3. The molecule has 112 valence electrons. The van der Waals surface area contributed by atoms with E-state index in [9.17, 15) is 13.6 Å². The minimum atomic E-state index is -1.04. The van der Waals surface area contributed by atoms with Crippen LogP contribution in [0.15, 0.2) is 30.9 Å². The summed E-state index contributed by atoms with van der Waals surface area (Å²) in [5.41, 5.74) is 0.0816. The molecule has 0 bridgehead atoms. The molecule has 1 amide bonds. The molecule has 1 atom stereocenters. The number of carbonyl (C=O) groups excluding carboxylic acids is 1. The molecule has 0 fully saturated rings. The quantitative estimate of drug-likeness (QED) is 0.917. The highest BCUT2D eigenvalue weighted by molar-refractivity contribution is 5.94. The van der Waals surface area contributed by atoms with Crippen molar-refractivity contribution in [3.05, 3.63) is 48.1 Å². The summed E-state index contributed by atoms with van der Waals surface area (Å²) in [6.07, 6.45) is 2.97. The van der Waals surface area contributed by atoms with Crippen LogP contribution >= 0.6 is 0 Å². The van der Waals surface area contributed by atoms with Crippen molar-refractivity contribution < 1.29 is 13.6 Å². The van der Waals surface area contributed by atoms with Gasteiger partial charge in [-0.05, 0) is 24.1 Å². The zero-order valence-electron chi connectivity index (χ0n) is 11.8. The van der Waals surface area contributed by atoms with Crippen molar-refractivity contribution in [2.24, 2.45) is 5.92 Å². The number of carbonyl (C=O) groups is 1. The van der Waals surface area contributed by atoms with Crippen molar-refractivity contribution in [3.8, 4) is 0 Å². The Morgan fingerprint density at radius 1 is 1.33 bits per heavy atom. The molecule has 2 rings (SSSR count). The molecule has 0 radical (unpaired) electrons. The average molecular weight is 294 g/mol. The van der Waals surface area contributed by atoms with Crippen LogP contribution in [0.3, 0.4) is 0 Å². The van der Waals surface area contributed by atoms with Crippen LogP contribution in [0.4, 0.5) is 8.78 Å².